The van der Waals surface area contributed by atoms with Crippen LogP contribution in [0.1, 0.15) is 26.3 Å². The Morgan fingerprint density at radius 1 is 1.23 bits per heavy atom. The summed E-state index contributed by atoms with van der Waals surface area (Å²) in [6, 6.07) is 9.44. The number of benzene rings is 1. The third kappa shape index (κ3) is 3.78. The molecular formula is C17H23NO4. The molecule has 5 nitrogen and oxygen atoms in total. The molecule has 5 heteroatoms. The van der Waals surface area contributed by atoms with Gasteiger partial charge in [0, 0.05) is 13.1 Å². The van der Waals surface area contributed by atoms with Gasteiger partial charge in [-0.25, -0.2) is 4.79 Å². The van der Waals surface area contributed by atoms with Crippen LogP contribution >= 0.6 is 0 Å². The van der Waals surface area contributed by atoms with Crippen LogP contribution in [0.25, 0.3) is 0 Å². The lowest BCUT2D eigenvalue weighted by Gasteiger charge is -2.29. The first-order chi connectivity index (χ1) is 10.3. The molecular weight excluding hydrogens is 282 g/mol. The zero-order valence-electron chi connectivity index (χ0n) is 13.3. The Balaban J connectivity index is 1.98. The summed E-state index contributed by atoms with van der Waals surface area (Å²) < 4.78 is 5.30. The van der Waals surface area contributed by atoms with Crippen molar-refractivity contribution in [3.63, 3.8) is 0 Å². The van der Waals surface area contributed by atoms with Crippen LogP contribution in [0, 0.1) is 17.3 Å². The van der Waals surface area contributed by atoms with E-state index in [0.717, 1.165) is 5.56 Å². The number of hydrogen-bond donors (Lipinski definition) is 1. The molecule has 1 fully saturated rings. The Hall–Kier alpha value is -2.04. The molecule has 0 spiro atoms. The molecule has 1 saturated heterocycles. The highest BCUT2D eigenvalue weighted by Gasteiger charge is 2.45. The van der Waals surface area contributed by atoms with Gasteiger partial charge in [-0.3, -0.25) is 4.79 Å². The minimum absolute atomic E-state index is 0.0747. The maximum atomic E-state index is 12.2. The summed E-state index contributed by atoms with van der Waals surface area (Å²) in [5, 5.41) is 9.38. The zero-order chi connectivity index (χ0) is 16.3. The molecule has 1 N–H and O–H groups in total. The highest BCUT2D eigenvalue weighted by atomic mass is 16.6. The minimum atomic E-state index is -0.849. The van der Waals surface area contributed by atoms with E-state index < -0.39 is 18.0 Å². The number of ether oxygens (including phenoxy) is 1. The van der Waals surface area contributed by atoms with E-state index in [0.29, 0.717) is 6.54 Å². The van der Waals surface area contributed by atoms with Crippen LogP contribution in [0.3, 0.4) is 0 Å². The lowest BCUT2D eigenvalue weighted by Crippen LogP contribution is -2.32. The fraction of sp³-hybridized carbons (Fsp3) is 0.529. The largest absolute Gasteiger partial charge is 0.481 e. The minimum Gasteiger partial charge on any atom is -0.481 e. The van der Waals surface area contributed by atoms with Crippen LogP contribution in [0.2, 0.25) is 0 Å². The van der Waals surface area contributed by atoms with E-state index in [1.54, 1.807) is 0 Å². The third-order valence-corrected chi connectivity index (χ3v) is 4.21. The van der Waals surface area contributed by atoms with E-state index in [-0.39, 0.29) is 24.5 Å². The van der Waals surface area contributed by atoms with E-state index in [9.17, 15) is 14.7 Å². The van der Waals surface area contributed by atoms with Crippen molar-refractivity contribution >= 4 is 12.1 Å². The van der Waals surface area contributed by atoms with Crippen molar-refractivity contribution < 1.29 is 19.4 Å². The number of aliphatic carboxylic acids is 1. The number of carbonyl (C=O) groups is 2. The van der Waals surface area contributed by atoms with Crippen LogP contribution in [-0.2, 0) is 16.1 Å². The van der Waals surface area contributed by atoms with Crippen LogP contribution in [0.5, 0.6) is 0 Å². The van der Waals surface area contributed by atoms with Gasteiger partial charge in [-0.2, -0.15) is 0 Å². The SMILES string of the molecule is CC(C)(C)[C@@H]1CN(C(=O)OCc2ccccc2)C[C@H]1C(=O)O. The number of likely N-dealkylation sites (tertiary alicyclic amines) is 1. The fourth-order valence-corrected chi connectivity index (χ4v) is 2.89. The van der Waals surface area contributed by atoms with Gasteiger partial charge >= 0.3 is 12.1 Å². The standard InChI is InChI=1S/C17H23NO4/c1-17(2,3)14-10-18(9-13(14)15(19)20)16(21)22-11-12-7-5-4-6-8-12/h4-8,13-14H,9-11H2,1-3H3,(H,19,20)/t13-,14-/m1/s1. The van der Waals surface area contributed by atoms with Crippen molar-refractivity contribution in [1.82, 2.24) is 4.90 Å². The first-order valence-electron chi connectivity index (χ1n) is 7.47. The molecule has 1 aliphatic rings. The molecule has 1 aromatic carbocycles. The van der Waals surface area contributed by atoms with Gasteiger partial charge in [0.2, 0.25) is 0 Å². The second-order valence-corrected chi connectivity index (χ2v) is 6.86. The summed E-state index contributed by atoms with van der Waals surface area (Å²) in [5.41, 5.74) is 0.745. The van der Waals surface area contributed by atoms with Crippen molar-refractivity contribution in [1.29, 1.82) is 0 Å². The van der Waals surface area contributed by atoms with Gasteiger partial charge in [-0.15, -0.1) is 0 Å². The van der Waals surface area contributed by atoms with Gasteiger partial charge in [-0.05, 0) is 16.9 Å². The van der Waals surface area contributed by atoms with Crippen molar-refractivity contribution in [3.8, 4) is 0 Å². The van der Waals surface area contributed by atoms with Crippen LogP contribution in [0.4, 0.5) is 4.79 Å². The maximum Gasteiger partial charge on any atom is 0.410 e. The average molecular weight is 305 g/mol. The van der Waals surface area contributed by atoms with Crippen LogP contribution < -0.4 is 0 Å². The number of carbonyl (C=O) groups excluding carboxylic acids is 1. The van der Waals surface area contributed by atoms with Gasteiger partial charge in [0.15, 0.2) is 0 Å². The molecule has 0 bridgehead atoms. The molecule has 1 heterocycles. The number of carboxylic acids is 1. The maximum absolute atomic E-state index is 12.2. The molecule has 0 radical (unpaired) electrons. The molecule has 0 aliphatic carbocycles. The molecule has 2 atom stereocenters. The van der Waals surface area contributed by atoms with Gasteiger partial charge < -0.3 is 14.7 Å². The molecule has 2 rings (SSSR count). The van der Waals surface area contributed by atoms with Gasteiger partial charge in [0.1, 0.15) is 6.61 Å². The summed E-state index contributed by atoms with van der Waals surface area (Å²) in [7, 11) is 0. The van der Waals surface area contributed by atoms with E-state index in [1.165, 1.54) is 4.90 Å². The third-order valence-electron chi connectivity index (χ3n) is 4.21. The Labute approximate surface area is 130 Å². The second kappa shape index (κ2) is 6.38. The lowest BCUT2D eigenvalue weighted by molar-refractivity contribution is -0.143. The van der Waals surface area contributed by atoms with Crippen molar-refractivity contribution in [2.24, 2.45) is 17.3 Å². The molecule has 0 saturated carbocycles. The highest BCUT2D eigenvalue weighted by Crippen LogP contribution is 2.38. The van der Waals surface area contributed by atoms with E-state index in [1.807, 2.05) is 51.1 Å². The molecule has 0 unspecified atom stereocenters. The van der Waals surface area contributed by atoms with E-state index in [4.69, 9.17) is 4.74 Å². The van der Waals surface area contributed by atoms with Gasteiger partial charge in [0.25, 0.3) is 0 Å². The average Bonchev–Trinajstić information content (AvgIpc) is 2.91. The number of hydrogen-bond acceptors (Lipinski definition) is 3. The number of rotatable bonds is 3. The molecule has 22 heavy (non-hydrogen) atoms. The zero-order valence-corrected chi connectivity index (χ0v) is 13.3. The predicted octanol–water partition coefficient (Wildman–Crippen LogP) is 3.00. The van der Waals surface area contributed by atoms with E-state index in [2.05, 4.69) is 0 Å². The Kier molecular flexibility index (Phi) is 4.74. The van der Waals surface area contributed by atoms with Gasteiger partial charge in [0.05, 0.1) is 5.92 Å². The molecule has 120 valence electrons. The summed E-state index contributed by atoms with van der Waals surface area (Å²) in [5.74, 6) is -1.46. The smallest absolute Gasteiger partial charge is 0.410 e. The summed E-state index contributed by atoms with van der Waals surface area (Å²) in [6.07, 6.45) is -0.443. The fourth-order valence-electron chi connectivity index (χ4n) is 2.89. The Morgan fingerprint density at radius 3 is 2.36 bits per heavy atom. The normalized spacial score (nSPS) is 21.7. The first kappa shape index (κ1) is 16.3. The van der Waals surface area contributed by atoms with Crippen LogP contribution in [-0.4, -0.2) is 35.2 Å². The van der Waals surface area contributed by atoms with Crippen molar-refractivity contribution in [2.45, 2.75) is 27.4 Å². The van der Waals surface area contributed by atoms with E-state index >= 15 is 0 Å². The molecule has 1 aromatic rings. The van der Waals surface area contributed by atoms with Crippen molar-refractivity contribution in [2.75, 3.05) is 13.1 Å². The molecule has 1 amide bonds. The summed E-state index contributed by atoms with van der Waals surface area (Å²) in [6.45, 7) is 6.86. The topological polar surface area (TPSA) is 66.8 Å². The molecule has 1 aliphatic heterocycles. The number of carboxylic acid groups (broad SMARTS) is 1. The quantitative estimate of drug-likeness (QED) is 0.932. The number of amides is 1. The van der Waals surface area contributed by atoms with Crippen LogP contribution in [0.15, 0.2) is 30.3 Å². The highest BCUT2D eigenvalue weighted by molar-refractivity contribution is 5.74. The first-order valence-corrected chi connectivity index (χ1v) is 7.47. The lowest BCUT2D eigenvalue weighted by atomic mass is 9.75. The summed E-state index contributed by atoms with van der Waals surface area (Å²) >= 11 is 0. The monoisotopic (exact) mass is 305 g/mol. The van der Waals surface area contributed by atoms with Crippen molar-refractivity contribution in [3.05, 3.63) is 35.9 Å². The molecule has 0 aromatic heterocycles. The summed E-state index contributed by atoms with van der Waals surface area (Å²) in [4.78, 5) is 25.1. The Morgan fingerprint density at radius 2 is 1.86 bits per heavy atom. The van der Waals surface area contributed by atoms with Gasteiger partial charge in [-0.1, -0.05) is 51.1 Å². The predicted molar refractivity (Wildman–Crippen MR) is 82.3 cm³/mol. The number of nitrogens with zero attached hydrogens (tertiary/aromatic N) is 1. The Bertz CT molecular complexity index is 535. The second-order valence-electron chi connectivity index (χ2n) is 6.86.